The molecular weight excluding hydrogens is 348 g/mol. The van der Waals surface area contributed by atoms with Gasteiger partial charge in [0.05, 0.1) is 7.11 Å². The first-order valence-corrected chi connectivity index (χ1v) is 9.34. The van der Waals surface area contributed by atoms with Crippen LogP contribution in [0.5, 0.6) is 5.75 Å². The number of fused-ring (bicyclic) bond motifs is 1. The van der Waals surface area contributed by atoms with Crippen molar-refractivity contribution in [2.75, 3.05) is 44.7 Å². The van der Waals surface area contributed by atoms with Crippen LogP contribution in [0.25, 0.3) is 10.9 Å². The van der Waals surface area contributed by atoms with Crippen LogP contribution in [0.4, 0.5) is 5.82 Å². The fraction of sp³-hybridized carbons (Fsp3) is 0.350. The van der Waals surface area contributed by atoms with Gasteiger partial charge in [-0.1, -0.05) is 17.7 Å². The quantitative estimate of drug-likeness (QED) is 0.697. The van der Waals surface area contributed by atoms with Crippen molar-refractivity contribution in [2.24, 2.45) is 0 Å². The van der Waals surface area contributed by atoms with E-state index in [0.29, 0.717) is 5.15 Å². The first kappa shape index (κ1) is 17.2. The van der Waals surface area contributed by atoms with E-state index in [1.165, 1.54) is 10.9 Å². The highest BCUT2D eigenvalue weighted by Gasteiger charge is 2.18. The van der Waals surface area contributed by atoms with Gasteiger partial charge in [-0.2, -0.15) is 0 Å². The highest BCUT2D eigenvalue weighted by atomic mass is 35.5. The predicted molar refractivity (Wildman–Crippen MR) is 106 cm³/mol. The molecule has 1 aliphatic rings. The number of hydrogen-bond acceptors (Lipinski definition) is 4. The topological polar surface area (TPSA) is 44.4 Å². The molecule has 0 bridgehead atoms. The Hall–Kier alpha value is -2.24. The molecule has 0 atom stereocenters. The van der Waals surface area contributed by atoms with Gasteiger partial charge in [-0.05, 0) is 42.3 Å². The van der Waals surface area contributed by atoms with E-state index in [4.69, 9.17) is 16.3 Å². The zero-order valence-corrected chi connectivity index (χ0v) is 15.7. The molecule has 0 radical (unpaired) electrons. The van der Waals surface area contributed by atoms with Gasteiger partial charge in [0.1, 0.15) is 16.7 Å². The lowest BCUT2D eigenvalue weighted by atomic mass is 10.1. The van der Waals surface area contributed by atoms with E-state index < -0.39 is 0 Å². The maximum atomic E-state index is 6.01. The second-order valence-electron chi connectivity index (χ2n) is 6.62. The third kappa shape index (κ3) is 3.64. The van der Waals surface area contributed by atoms with Crippen LogP contribution in [0.1, 0.15) is 5.56 Å². The lowest BCUT2D eigenvalue weighted by molar-refractivity contribution is 0.260. The van der Waals surface area contributed by atoms with E-state index in [0.717, 1.165) is 56.2 Å². The fourth-order valence-corrected chi connectivity index (χ4v) is 3.70. The van der Waals surface area contributed by atoms with Crippen molar-refractivity contribution in [3.63, 3.8) is 0 Å². The highest BCUT2D eigenvalue weighted by Crippen LogP contribution is 2.24. The molecule has 0 aliphatic carbocycles. The molecule has 0 amide bonds. The van der Waals surface area contributed by atoms with Gasteiger partial charge in [-0.15, -0.1) is 0 Å². The van der Waals surface area contributed by atoms with E-state index in [1.54, 1.807) is 7.11 Å². The van der Waals surface area contributed by atoms with Crippen molar-refractivity contribution in [1.29, 1.82) is 0 Å². The Morgan fingerprint density at radius 2 is 2.00 bits per heavy atom. The summed E-state index contributed by atoms with van der Waals surface area (Å²) in [7, 11) is 1.71. The molecular formula is C20H23ClN4O. The van der Waals surface area contributed by atoms with Crippen LogP contribution in [-0.2, 0) is 6.42 Å². The minimum Gasteiger partial charge on any atom is -0.497 e. The van der Waals surface area contributed by atoms with Crippen LogP contribution in [-0.4, -0.2) is 54.7 Å². The number of ether oxygens (including phenoxy) is 1. The lowest BCUT2D eigenvalue weighted by Gasteiger charge is -2.35. The smallest absolute Gasteiger partial charge is 0.131 e. The van der Waals surface area contributed by atoms with Gasteiger partial charge in [-0.25, -0.2) is 4.98 Å². The summed E-state index contributed by atoms with van der Waals surface area (Å²) < 4.78 is 5.36. The summed E-state index contributed by atoms with van der Waals surface area (Å²) in [4.78, 5) is 12.6. The summed E-state index contributed by atoms with van der Waals surface area (Å²) in [5.41, 5.74) is 2.51. The predicted octanol–water partition coefficient (Wildman–Crippen LogP) is 3.59. The third-order valence-corrected chi connectivity index (χ3v) is 5.28. The molecule has 1 aromatic carbocycles. The number of methoxy groups -OCH3 is 1. The lowest BCUT2D eigenvalue weighted by Crippen LogP contribution is -2.47. The molecule has 3 heterocycles. The molecule has 1 saturated heterocycles. The second-order valence-corrected chi connectivity index (χ2v) is 7.01. The number of pyridine rings is 1. The number of hydrogen-bond donors (Lipinski definition) is 1. The number of nitrogens with one attached hydrogen (secondary N) is 1. The molecule has 26 heavy (non-hydrogen) atoms. The Kier molecular flexibility index (Phi) is 5.00. The number of anilines is 1. The minimum absolute atomic E-state index is 0.555. The van der Waals surface area contributed by atoms with E-state index in [2.05, 4.69) is 38.1 Å². The minimum atomic E-state index is 0.555. The van der Waals surface area contributed by atoms with E-state index in [-0.39, 0.29) is 0 Å². The molecule has 1 N–H and O–H groups in total. The standard InChI is InChI=1S/C20H23ClN4O/c1-26-16-5-6-18-17(13-16)15(14-22-18)7-8-24-9-11-25(12-10-24)20-4-2-3-19(21)23-20/h2-6,13-14,22H,7-12H2,1H3. The van der Waals surface area contributed by atoms with Gasteiger partial charge >= 0.3 is 0 Å². The van der Waals surface area contributed by atoms with Crippen LogP contribution >= 0.6 is 11.6 Å². The number of rotatable bonds is 5. The number of piperazine rings is 1. The van der Waals surface area contributed by atoms with Gasteiger partial charge in [-0.3, -0.25) is 4.90 Å². The van der Waals surface area contributed by atoms with Crippen molar-refractivity contribution < 1.29 is 4.74 Å². The summed E-state index contributed by atoms with van der Waals surface area (Å²) in [6, 6.07) is 12.0. The van der Waals surface area contributed by atoms with Gasteiger partial charge in [0.15, 0.2) is 0 Å². The van der Waals surface area contributed by atoms with Crippen LogP contribution in [0.15, 0.2) is 42.6 Å². The van der Waals surface area contributed by atoms with Crippen molar-refractivity contribution in [1.82, 2.24) is 14.9 Å². The third-order valence-electron chi connectivity index (χ3n) is 5.07. The Morgan fingerprint density at radius 3 is 2.77 bits per heavy atom. The molecule has 1 aliphatic heterocycles. The molecule has 4 rings (SSSR count). The first-order valence-electron chi connectivity index (χ1n) is 8.97. The van der Waals surface area contributed by atoms with Crippen molar-refractivity contribution in [2.45, 2.75) is 6.42 Å². The van der Waals surface area contributed by atoms with Crippen molar-refractivity contribution in [3.05, 3.63) is 53.3 Å². The summed E-state index contributed by atoms with van der Waals surface area (Å²) in [6.45, 7) is 5.10. The van der Waals surface area contributed by atoms with E-state index in [1.807, 2.05) is 24.3 Å². The first-order chi connectivity index (χ1) is 12.7. The Morgan fingerprint density at radius 1 is 1.15 bits per heavy atom. The largest absolute Gasteiger partial charge is 0.497 e. The monoisotopic (exact) mass is 370 g/mol. The Balaban J connectivity index is 1.35. The van der Waals surface area contributed by atoms with Gasteiger partial charge in [0.2, 0.25) is 0 Å². The molecule has 1 fully saturated rings. The van der Waals surface area contributed by atoms with Gasteiger partial charge in [0, 0.05) is 49.8 Å². The second kappa shape index (κ2) is 7.56. The van der Waals surface area contributed by atoms with Gasteiger partial charge in [0.25, 0.3) is 0 Å². The molecule has 6 heteroatoms. The number of benzene rings is 1. The molecule has 0 unspecified atom stereocenters. The molecule has 0 saturated carbocycles. The zero-order chi connectivity index (χ0) is 17.9. The van der Waals surface area contributed by atoms with Gasteiger partial charge < -0.3 is 14.6 Å². The average molecular weight is 371 g/mol. The number of nitrogens with zero attached hydrogens (tertiary/aromatic N) is 3. The summed E-state index contributed by atoms with van der Waals surface area (Å²) in [5, 5.41) is 1.81. The Labute approximate surface area is 158 Å². The van der Waals surface area contributed by atoms with Crippen LogP contribution < -0.4 is 9.64 Å². The summed E-state index contributed by atoms with van der Waals surface area (Å²) in [6.07, 6.45) is 3.15. The average Bonchev–Trinajstić information content (AvgIpc) is 3.09. The number of H-pyrrole nitrogens is 1. The number of aromatic nitrogens is 2. The van der Waals surface area contributed by atoms with Crippen molar-refractivity contribution in [3.8, 4) is 5.75 Å². The van der Waals surface area contributed by atoms with Crippen LogP contribution in [0.2, 0.25) is 5.15 Å². The van der Waals surface area contributed by atoms with E-state index >= 15 is 0 Å². The molecule has 136 valence electrons. The molecule has 2 aromatic heterocycles. The maximum Gasteiger partial charge on any atom is 0.131 e. The zero-order valence-electron chi connectivity index (χ0n) is 14.9. The van der Waals surface area contributed by atoms with Crippen molar-refractivity contribution >= 4 is 28.3 Å². The van der Waals surface area contributed by atoms with Crippen LogP contribution in [0, 0.1) is 0 Å². The maximum absolute atomic E-state index is 6.01. The molecule has 0 spiro atoms. The Bertz CT molecular complexity index is 886. The molecule has 3 aromatic rings. The highest BCUT2D eigenvalue weighted by molar-refractivity contribution is 6.29. The number of aromatic amines is 1. The van der Waals surface area contributed by atoms with Crippen LogP contribution in [0.3, 0.4) is 0 Å². The number of halogens is 1. The normalized spacial score (nSPS) is 15.5. The summed E-state index contributed by atoms with van der Waals surface area (Å²) >= 11 is 6.01. The SMILES string of the molecule is COc1ccc2[nH]cc(CCN3CCN(c4cccc(Cl)n4)CC3)c2c1. The molecule has 5 nitrogen and oxygen atoms in total. The fourth-order valence-electron chi connectivity index (χ4n) is 3.54. The summed E-state index contributed by atoms with van der Waals surface area (Å²) in [5.74, 6) is 1.88. The van der Waals surface area contributed by atoms with E-state index in [9.17, 15) is 0 Å².